The molecule has 2 fully saturated rings. The lowest BCUT2D eigenvalue weighted by Crippen LogP contribution is -2.55. The molecule has 3 rings (SSSR count). The fourth-order valence-electron chi connectivity index (χ4n) is 3.40. The van der Waals surface area contributed by atoms with Crippen LogP contribution in [0.15, 0.2) is 24.3 Å². The van der Waals surface area contributed by atoms with Crippen LogP contribution in [-0.2, 0) is 4.74 Å². The minimum atomic E-state index is -0.252. The number of anilines is 1. The minimum Gasteiger partial charge on any atom is -0.447 e. The van der Waals surface area contributed by atoms with Gasteiger partial charge in [-0.2, -0.15) is 0 Å². The van der Waals surface area contributed by atoms with E-state index in [4.69, 9.17) is 4.74 Å². The molecular formula is C16H22N2O2. The quantitative estimate of drug-likeness (QED) is 0.901. The average molecular weight is 274 g/mol. The van der Waals surface area contributed by atoms with Crippen LogP contribution in [-0.4, -0.2) is 31.3 Å². The molecule has 1 aromatic carbocycles. The largest absolute Gasteiger partial charge is 0.447 e. The van der Waals surface area contributed by atoms with Crippen LogP contribution in [0.1, 0.15) is 25.3 Å². The van der Waals surface area contributed by atoms with E-state index in [0.29, 0.717) is 12.5 Å². The van der Waals surface area contributed by atoms with E-state index in [0.717, 1.165) is 37.2 Å². The standard InChI is InChI=1S/C16H22N2O2/c1-12-5-3-7-14(9-12)18-15(19)20-11-16(18,2)13-6-4-8-17-10-13/h3,5,7,9,13,17H,4,6,8,10-11H2,1-2H3. The summed E-state index contributed by atoms with van der Waals surface area (Å²) in [5.74, 6) is 0.434. The minimum absolute atomic E-state index is 0.219. The lowest BCUT2D eigenvalue weighted by molar-refractivity contribution is 0.157. The number of carbonyl (C=O) groups excluding carboxylic acids is 1. The third kappa shape index (κ3) is 2.18. The van der Waals surface area contributed by atoms with Crippen LogP contribution < -0.4 is 10.2 Å². The number of aryl methyl sites for hydroxylation is 1. The Bertz CT molecular complexity index is 511. The average Bonchev–Trinajstić information content (AvgIpc) is 2.77. The van der Waals surface area contributed by atoms with Crippen molar-refractivity contribution in [3.05, 3.63) is 29.8 Å². The predicted octanol–water partition coefficient (Wildman–Crippen LogP) is 2.71. The molecule has 4 nitrogen and oxygen atoms in total. The molecule has 2 atom stereocenters. The monoisotopic (exact) mass is 274 g/mol. The van der Waals surface area contributed by atoms with Crippen LogP contribution in [0.4, 0.5) is 10.5 Å². The number of piperidine rings is 1. The third-order valence-corrected chi connectivity index (χ3v) is 4.62. The smallest absolute Gasteiger partial charge is 0.415 e. The van der Waals surface area contributed by atoms with E-state index in [1.807, 2.05) is 30.0 Å². The van der Waals surface area contributed by atoms with Gasteiger partial charge in [0.05, 0.1) is 5.54 Å². The zero-order valence-electron chi connectivity index (χ0n) is 12.2. The van der Waals surface area contributed by atoms with Crippen molar-refractivity contribution in [1.29, 1.82) is 0 Å². The maximum Gasteiger partial charge on any atom is 0.415 e. The lowest BCUT2D eigenvalue weighted by atomic mass is 9.80. The topological polar surface area (TPSA) is 41.6 Å². The van der Waals surface area contributed by atoms with Crippen molar-refractivity contribution in [2.75, 3.05) is 24.6 Å². The van der Waals surface area contributed by atoms with E-state index >= 15 is 0 Å². The molecule has 2 aliphatic rings. The number of carbonyl (C=O) groups is 1. The summed E-state index contributed by atoms with van der Waals surface area (Å²) in [6, 6.07) is 8.09. The Labute approximate surface area is 120 Å². The molecule has 108 valence electrons. The normalized spacial score (nSPS) is 30.4. The Hall–Kier alpha value is -1.55. The van der Waals surface area contributed by atoms with Gasteiger partial charge >= 0.3 is 6.09 Å². The Morgan fingerprint density at radius 2 is 2.30 bits per heavy atom. The fraction of sp³-hybridized carbons (Fsp3) is 0.562. The fourth-order valence-corrected chi connectivity index (χ4v) is 3.40. The van der Waals surface area contributed by atoms with E-state index < -0.39 is 0 Å². The second kappa shape index (κ2) is 5.09. The Morgan fingerprint density at radius 1 is 1.45 bits per heavy atom. The number of amides is 1. The summed E-state index contributed by atoms with van der Waals surface area (Å²) < 4.78 is 5.39. The van der Waals surface area contributed by atoms with E-state index in [1.54, 1.807) is 0 Å². The van der Waals surface area contributed by atoms with Gasteiger partial charge in [0.2, 0.25) is 0 Å². The summed E-state index contributed by atoms with van der Waals surface area (Å²) in [5, 5.41) is 3.44. The second-order valence-corrected chi connectivity index (χ2v) is 6.13. The number of hydrogen-bond donors (Lipinski definition) is 1. The molecule has 2 aliphatic heterocycles. The highest BCUT2D eigenvalue weighted by atomic mass is 16.6. The first kappa shape index (κ1) is 13.4. The molecule has 0 bridgehead atoms. The van der Waals surface area contributed by atoms with Crippen LogP contribution in [0.2, 0.25) is 0 Å². The maximum absolute atomic E-state index is 12.2. The SMILES string of the molecule is Cc1cccc(N2C(=O)OCC2(C)C2CCCNC2)c1. The molecule has 2 unspecified atom stereocenters. The molecule has 4 heteroatoms. The van der Waals surface area contributed by atoms with Crippen molar-refractivity contribution < 1.29 is 9.53 Å². The summed E-state index contributed by atoms with van der Waals surface area (Å²) in [4.78, 5) is 14.1. The second-order valence-electron chi connectivity index (χ2n) is 6.13. The molecular weight excluding hydrogens is 252 g/mol. The Balaban J connectivity index is 1.95. The summed E-state index contributed by atoms with van der Waals surface area (Å²) in [5.41, 5.74) is 1.85. The summed E-state index contributed by atoms with van der Waals surface area (Å²) in [6.45, 7) is 6.70. The van der Waals surface area contributed by atoms with Crippen LogP contribution in [0.25, 0.3) is 0 Å². The molecule has 2 heterocycles. The first-order valence-corrected chi connectivity index (χ1v) is 7.35. The third-order valence-electron chi connectivity index (χ3n) is 4.62. The highest BCUT2D eigenvalue weighted by Gasteiger charge is 2.49. The maximum atomic E-state index is 12.2. The summed E-state index contributed by atoms with van der Waals surface area (Å²) >= 11 is 0. The van der Waals surface area contributed by atoms with Crippen LogP contribution in [0.5, 0.6) is 0 Å². The molecule has 0 aromatic heterocycles. The Kier molecular flexibility index (Phi) is 3.42. The molecule has 0 radical (unpaired) electrons. The number of cyclic esters (lactones) is 1. The number of hydrogen-bond acceptors (Lipinski definition) is 3. The van der Waals surface area contributed by atoms with Crippen LogP contribution in [0.3, 0.4) is 0 Å². The number of rotatable bonds is 2. The van der Waals surface area contributed by atoms with Crippen LogP contribution in [0, 0.1) is 12.8 Å². The van der Waals surface area contributed by atoms with Gasteiger partial charge in [-0.15, -0.1) is 0 Å². The molecule has 0 aliphatic carbocycles. The number of ether oxygens (including phenoxy) is 1. The molecule has 20 heavy (non-hydrogen) atoms. The van der Waals surface area contributed by atoms with Crippen molar-refractivity contribution >= 4 is 11.8 Å². The zero-order chi connectivity index (χ0) is 14.2. The van der Waals surface area contributed by atoms with E-state index in [9.17, 15) is 4.79 Å². The van der Waals surface area contributed by atoms with E-state index in [1.165, 1.54) is 0 Å². The molecule has 1 amide bonds. The number of benzene rings is 1. The van der Waals surface area contributed by atoms with Gasteiger partial charge in [0.25, 0.3) is 0 Å². The summed E-state index contributed by atoms with van der Waals surface area (Å²) in [7, 11) is 0. The van der Waals surface area contributed by atoms with Crippen molar-refractivity contribution in [2.24, 2.45) is 5.92 Å². The van der Waals surface area contributed by atoms with Crippen molar-refractivity contribution in [3.63, 3.8) is 0 Å². The highest BCUT2D eigenvalue weighted by molar-refractivity contribution is 5.91. The predicted molar refractivity (Wildman–Crippen MR) is 79.0 cm³/mol. The van der Waals surface area contributed by atoms with Crippen LogP contribution >= 0.6 is 0 Å². The first-order valence-electron chi connectivity index (χ1n) is 7.35. The molecule has 0 spiro atoms. The number of nitrogens with zero attached hydrogens (tertiary/aromatic N) is 1. The number of nitrogens with one attached hydrogen (secondary N) is 1. The highest BCUT2D eigenvalue weighted by Crippen LogP contribution is 2.38. The molecule has 0 saturated carbocycles. The summed E-state index contributed by atoms with van der Waals surface area (Å²) in [6.07, 6.45) is 2.09. The van der Waals surface area contributed by atoms with Crippen molar-refractivity contribution in [3.8, 4) is 0 Å². The molecule has 1 N–H and O–H groups in total. The van der Waals surface area contributed by atoms with Gasteiger partial charge in [-0.3, -0.25) is 4.90 Å². The van der Waals surface area contributed by atoms with Gasteiger partial charge in [0, 0.05) is 12.2 Å². The zero-order valence-corrected chi connectivity index (χ0v) is 12.2. The van der Waals surface area contributed by atoms with Gasteiger partial charge in [-0.25, -0.2) is 4.79 Å². The lowest BCUT2D eigenvalue weighted by Gasteiger charge is -2.41. The molecule has 1 aromatic rings. The molecule has 2 saturated heterocycles. The van der Waals surface area contributed by atoms with Gasteiger partial charge in [0.15, 0.2) is 0 Å². The van der Waals surface area contributed by atoms with E-state index in [2.05, 4.69) is 18.3 Å². The van der Waals surface area contributed by atoms with Gasteiger partial charge in [-0.05, 0) is 56.8 Å². The van der Waals surface area contributed by atoms with E-state index in [-0.39, 0.29) is 11.6 Å². The van der Waals surface area contributed by atoms with Gasteiger partial charge in [-0.1, -0.05) is 12.1 Å². The van der Waals surface area contributed by atoms with Gasteiger partial charge < -0.3 is 10.1 Å². The Morgan fingerprint density at radius 3 is 3.00 bits per heavy atom. The van der Waals surface area contributed by atoms with Crippen molar-refractivity contribution in [2.45, 2.75) is 32.2 Å². The van der Waals surface area contributed by atoms with Crippen molar-refractivity contribution in [1.82, 2.24) is 5.32 Å². The first-order chi connectivity index (χ1) is 9.61. The van der Waals surface area contributed by atoms with Gasteiger partial charge in [0.1, 0.15) is 6.61 Å².